The third kappa shape index (κ3) is 2.59. The molecule has 0 aromatic heterocycles. The van der Waals surface area contributed by atoms with Crippen LogP contribution in [-0.4, -0.2) is 22.7 Å². The zero-order valence-corrected chi connectivity index (χ0v) is 11.9. The van der Waals surface area contributed by atoms with Gasteiger partial charge in [-0.1, -0.05) is 43.5 Å². The van der Waals surface area contributed by atoms with Crippen LogP contribution in [0.4, 0.5) is 0 Å². The molecule has 1 aromatic carbocycles. The van der Waals surface area contributed by atoms with E-state index in [0.717, 1.165) is 19.3 Å². The molecule has 2 aliphatic rings. The molecule has 3 nitrogen and oxygen atoms in total. The van der Waals surface area contributed by atoms with Crippen molar-refractivity contribution in [1.82, 2.24) is 5.32 Å². The molecule has 0 aliphatic heterocycles. The van der Waals surface area contributed by atoms with Crippen molar-refractivity contribution in [3.05, 3.63) is 35.4 Å². The van der Waals surface area contributed by atoms with Crippen LogP contribution in [0.1, 0.15) is 49.7 Å². The minimum Gasteiger partial charge on any atom is -0.480 e. The molecule has 0 heterocycles. The van der Waals surface area contributed by atoms with Gasteiger partial charge in [-0.25, -0.2) is 0 Å². The van der Waals surface area contributed by atoms with Crippen molar-refractivity contribution in [1.29, 1.82) is 0 Å². The van der Waals surface area contributed by atoms with Crippen LogP contribution < -0.4 is 5.32 Å². The Bertz CT molecular complexity index is 494. The topological polar surface area (TPSA) is 49.3 Å². The van der Waals surface area contributed by atoms with E-state index >= 15 is 0 Å². The Hall–Kier alpha value is -1.35. The first-order valence-electron chi connectivity index (χ1n) is 7.77. The highest BCUT2D eigenvalue weighted by atomic mass is 16.4. The second kappa shape index (κ2) is 5.57. The number of carboxylic acids is 1. The van der Waals surface area contributed by atoms with E-state index in [2.05, 4.69) is 17.4 Å². The van der Waals surface area contributed by atoms with E-state index in [1.54, 1.807) is 0 Å². The normalized spacial score (nSPS) is 27.0. The molecule has 2 aliphatic carbocycles. The van der Waals surface area contributed by atoms with Gasteiger partial charge in [0.05, 0.1) is 0 Å². The first kappa shape index (κ1) is 13.6. The molecule has 1 atom stereocenters. The van der Waals surface area contributed by atoms with Gasteiger partial charge in [-0.15, -0.1) is 0 Å². The zero-order valence-electron chi connectivity index (χ0n) is 11.9. The fraction of sp³-hybridized carbons (Fsp3) is 0.588. The first-order chi connectivity index (χ1) is 9.70. The maximum absolute atomic E-state index is 11.9. The molecule has 1 saturated carbocycles. The van der Waals surface area contributed by atoms with Gasteiger partial charge in [0.25, 0.3) is 0 Å². The summed E-state index contributed by atoms with van der Waals surface area (Å²) in [6.07, 6.45) is 8.18. The van der Waals surface area contributed by atoms with Crippen LogP contribution in [0.5, 0.6) is 0 Å². The van der Waals surface area contributed by atoms with Crippen molar-refractivity contribution in [3.63, 3.8) is 0 Å². The van der Waals surface area contributed by atoms with Gasteiger partial charge >= 0.3 is 5.97 Å². The van der Waals surface area contributed by atoms with Crippen molar-refractivity contribution in [2.75, 3.05) is 0 Å². The number of hydrogen-bond donors (Lipinski definition) is 2. The summed E-state index contributed by atoms with van der Waals surface area (Å²) in [5, 5.41) is 13.3. The van der Waals surface area contributed by atoms with Crippen LogP contribution in [0.3, 0.4) is 0 Å². The molecule has 20 heavy (non-hydrogen) atoms. The van der Waals surface area contributed by atoms with Crippen LogP contribution >= 0.6 is 0 Å². The van der Waals surface area contributed by atoms with E-state index in [1.165, 1.54) is 30.4 Å². The summed E-state index contributed by atoms with van der Waals surface area (Å²) < 4.78 is 0. The zero-order chi connectivity index (χ0) is 14.0. The minimum atomic E-state index is -0.754. The number of aryl methyl sites for hydroxylation is 1. The van der Waals surface area contributed by atoms with E-state index in [4.69, 9.17) is 0 Å². The van der Waals surface area contributed by atoms with Crippen LogP contribution in [0.2, 0.25) is 0 Å². The van der Waals surface area contributed by atoms with E-state index in [9.17, 15) is 9.90 Å². The monoisotopic (exact) mass is 273 g/mol. The van der Waals surface area contributed by atoms with Crippen LogP contribution in [-0.2, 0) is 17.6 Å². The Balaban J connectivity index is 1.81. The number of fused-ring (bicyclic) bond motifs is 1. The number of aliphatic carboxylic acids is 1. The molecule has 1 aromatic rings. The van der Waals surface area contributed by atoms with Crippen molar-refractivity contribution < 1.29 is 9.90 Å². The van der Waals surface area contributed by atoms with Gasteiger partial charge in [-0.05, 0) is 36.8 Å². The van der Waals surface area contributed by atoms with Crippen LogP contribution in [0, 0.1) is 0 Å². The van der Waals surface area contributed by atoms with E-state index in [0.29, 0.717) is 18.9 Å². The van der Waals surface area contributed by atoms with Gasteiger partial charge in [-0.3, -0.25) is 10.1 Å². The predicted molar refractivity (Wildman–Crippen MR) is 78.8 cm³/mol. The van der Waals surface area contributed by atoms with Gasteiger partial charge in [0.2, 0.25) is 0 Å². The van der Waals surface area contributed by atoms with Crippen molar-refractivity contribution in [2.45, 2.75) is 62.9 Å². The summed E-state index contributed by atoms with van der Waals surface area (Å²) in [6.45, 7) is 0. The van der Waals surface area contributed by atoms with Crippen molar-refractivity contribution in [3.8, 4) is 0 Å². The molecule has 0 radical (unpaired) electrons. The smallest absolute Gasteiger partial charge is 0.324 e. The lowest BCUT2D eigenvalue weighted by atomic mass is 9.76. The summed E-state index contributed by atoms with van der Waals surface area (Å²) in [6, 6.07) is 8.64. The largest absolute Gasteiger partial charge is 0.480 e. The number of hydrogen-bond acceptors (Lipinski definition) is 2. The molecule has 0 amide bonds. The third-order valence-corrected chi connectivity index (χ3v) is 4.93. The fourth-order valence-electron chi connectivity index (χ4n) is 3.74. The van der Waals surface area contributed by atoms with Gasteiger partial charge < -0.3 is 5.11 Å². The Morgan fingerprint density at radius 3 is 2.55 bits per heavy atom. The van der Waals surface area contributed by atoms with E-state index in [-0.39, 0.29) is 0 Å². The van der Waals surface area contributed by atoms with Gasteiger partial charge in [0.15, 0.2) is 0 Å². The Kier molecular flexibility index (Phi) is 3.79. The first-order valence-corrected chi connectivity index (χ1v) is 7.77. The molecule has 1 unspecified atom stereocenters. The third-order valence-electron chi connectivity index (χ3n) is 4.93. The summed E-state index contributed by atoms with van der Waals surface area (Å²) in [5.74, 6) is -0.683. The maximum Gasteiger partial charge on any atom is 0.324 e. The lowest BCUT2D eigenvalue weighted by Crippen LogP contribution is -2.59. The Labute approximate surface area is 120 Å². The van der Waals surface area contributed by atoms with E-state index < -0.39 is 11.5 Å². The van der Waals surface area contributed by atoms with Gasteiger partial charge in [0.1, 0.15) is 5.54 Å². The van der Waals surface area contributed by atoms with Gasteiger partial charge in [-0.2, -0.15) is 0 Å². The standard InChI is InChI=1S/C17H23NO2/c19-16(20)17(18-15-8-2-1-3-9-15)11-10-13-6-4-5-7-14(13)12-17/h4-7,15,18H,1-3,8-12H2,(H,19,20). The van der Waals surface area contributed by atoms with Gasteiger partial charge in [0, 0.05) is 12.5 Å². The molecular weight excluding hydrogens is 250 g/mol. The molecule has 3 rings (SSSR count). The molecule has 0 spiro atoms. The highest BCUT2D eigenvalue weighted by Gasteiger charge is 2.42. The average molecular weight is 273 g/mol. The Morgan fingerprint density at radius 1 is 1.15 bits per heavy atom. The van der Waals surface area contributed by atoms with Crippen LogP contribution in [0.15, 0.2) is 24.3 Å². The molecule has 0 bridgehead atoms. The number of benzene rings is 1. The molecule has 0 saturated heterocycles. The second-order valence-electron chi connectivity index (χ2n) is 6.31. The lowest BCUT2D eigenvalue weighted by Gasteiger charge is -2.39. The summed E-state index contributed by atoms with van der Waals surface area (Å²) in [5.41, 5.74) is 1.76. The molecular formula is C17H23NO2. The summed E-state index contributed by atoms with van der Waals surface area (Å²) in [7, 11) is 0. The average Bonchev–Trinajstić information content (AvgIpc) is 2.48. The molecule has 108 valence electrons. The lowest BCUT2D eigenvalue weighted by molar-refractivity contribution is -0.146. The minimum absolute atomic E-state index is 0.380. The second-order valence-corrected chi connectivity index (χ2v) is 6.31. The highest BCUT2D eigenvalue weighted by Crippen LogP contribution is 2.31. The highest BCUT2D eigenvalue weighted by molar-refractivity contribution is 5.80. The van der Waals surface area contributed by atoms with Crippen molar-refractivity contribution in [2.24, 2.45) is 0 Å². The molecule has 3 heteroatoms. The number of carbonyl (C=O) groups is 1. The van der Waals surface area contributed by atoms with Crippen LogP contribution in [0.25, 0.3) is 0 Å². The van der Waals surface area contributed by atoms with E-state index in [1.807, 2.05) is 12.1 Å². The number of carboxylic acid groups (broad SMARTS) is 1. The number of nitrogens with one attached hydrogen (secondary N) is 1. The summed E-state index contributed by atoms with van der Waals surface area (Å²) >= 11 is 0. The summed E-state index contributed by atoms with van der Waals surface area (Å²) in [4.78, 5) is 11.9. The predicted octanol–water partition coefficient (Wildman–Crippen LogP) is 2.92. The molecule has 2 N–H and O–H groups in total. The SMILES string of the molecule is O=C(O)C1(NC2CCCCC2)CCc2ccccc2C1. The van der Waals surface area contributed by atoms with Crippen molar-refractivity contribution >= 4 is 5.97 Å². The Morgan fingerprint density at radius 2 is 1.85 bits per heavy atom. The fourth-order valence-corrected chi connectivity index (χ4v) is 3.74. The quantitative estimate of drug-likeness (QED) is 0.890. The maximum atomic E-state index is 11.9. The molecule has 1 fully saturated rings. The number of rotatable bonds is 3.